The SMILES string of the molecule is Cc1ccc2c(oc3c(-c4ccc5ccccc5c4)c(C#N)cc(C)c32)c1-c1cccc[n+]1C. The molecule has 6 aromatic rings. The van der Waals surface area contributed by atoms with Crippen LogP contribution in [0.2, 0.25) is 0 Å². The third-order valence-electron chi connectivity index (χ3n) is 6.79. The van der Waals surface area contributed by atoms with Crippen LogP contribution in [0, 0.1) is 25.2 Å². The largest absolute Gasteiger partial charge is 0.454 e. The maximum absolute atomic E-state index is 10.1. The van der Waals surface area contributed by atoms with E-state index in [9.17, 15) is 5.26 Å². The lowest BCUT2D eigenvalue weighted by atomic mass is 9.92. The van der Waals surface area contributed by atoms with Gasteiger partial charge in [-0.15, -0.1) is 0 Å². The summed E-state index contributed by atoms with van der Waals surface area (Å²) in [5.41, 5.74) is 8.47. The Balaban J connectivity index is 1.76. The number of furan rings is 1. The summed E-state index contributed by atoms with van der Waals surface area (Å²) in [7, 11) is 2.05. The summed E-state index contributed by atoms with van der Waals surface area (Å²) in [6.07, 6.45) is 2.05. The van der Waals surface area contributed by atoms with E-state index in [2.05, 4.69) is 92.3 Å². The molecule has 2 heterocycles. The van der Waals surface area contributed by atoms with Crippen molar-refractivity contribution in [3.63, 3.8) is 0 Å². The zero-order valence-corrected chi connectivity index (χ0v) is 19.4. The monoisotopic (exact) mass is 439 g/mol. The Bertz CT molecular complexity index is 1800. The van der Waals surface area contributed by atoms with Gasteiger partial charge in [0.05, 0.1) is 17.2 Å². The summed E-state index contributed by atoms with van der Waals surface area (Å²) >= 11 is 0. The number of fused-ring (bicyclic) bond motifs is 4. The number of benzene rings is 4. The molecule has 0 radical (unpaired) electrons. The van der Waals surface area contributed by atoms with Crippen LogP contribution in [-0.4, -0.2) is 0 Å². The summed E-state index contributed by atoms with van der Waals surface area (Å²) in [5.74, 6) is 0. The first-order valence-electron chi connectivity index (χ1n) is 11.4. The summed E-state index contributed by atoms with van der Waals surface area (Å²) in [6, 6.07) is 29.5. The number of nitriles is 1. The van der Waals surface area contributed by atoms with Gasteiger partial charge >= 0.3 is 0 Å². The van der Waals surface area contributed by atoms with Crippen LogP contribution >= 0.6 is 0 Å². The maximum Gasteiger partial charge on any atom is 0.216 e. The lowest BCUT2D eigenvalue weighted by Crippen LogP contribution is -2.30. The molecule has 0 aliphatic heterocycles. The van der Waals surface area contributed by atoms with Crippen molar-refractivity contribution in [2.45, 2.75) is 13.8 Å². The van der Waals surface area contributed by atoms with E-state index in [0.717, 1.165) is 60.8 Å². The number of aryl methyl sites for hydroxylation is 3. The predicted molar refractivity (Wildman–Crippen MR) is 137 cm³/mol. The van der Waals surface area contributed by atoms with Crippen molar-refractivity contribution in [3.8, 4) is 28.5 Å². The van der Waals surface area contributed by atoms with Gasteiger partial charge in [0.25, 0.3) is 0 Å². The molecule has 34 heavy (non-hydrogen) atoms. The van der Waals surface area contributed by atoms with Crippen LogP contribution in [0.5, 0.6) is 0 Å². The Morgan fingerprint density at radius 2 is 1.56 bits per heavy atom. The Kier molecular flexibility index (Phi) is 4.50. The van der Waals surface area contributed by atoms with Gasteiger partial charge in [0, 0.05) is 28.5 Å². The Labute approximate surface area is 198 Å². The molecule has 0 saturated carbocycles. The number of hydrogen-bond donors (Lipinski definition) is 0. The zero-order chi connectivity index (χ0) is 23.4. The molecule has 0 bridgehead atoms. The molecule has 0 fully saturated rings. The smallest absolute Gasteiger partial charge is 0.216 e. The highest BCUT2D eigenvalue weighted by molar-refractivity contribution is 6.15. The molecule has 0 atom stereocenters. The highest BCUT2D eigenvalue weighted by atomic mass is 16.3. The lowest BCUT2D eigenvalue weighted by Gasteiger charge is -2.09. The molecule has 0 N–H and O–H groups in total. The molecule has 0 aliphatic carbocycles. The van der Waals surface area contributed by atoms with Crippen LogP contribution in [-0.2, 0) is 7.05 Å². The van der Waals surface area contributed by atoms with E-state index < -0.39 is 0 Å². The Hall–Kier alpha value is -4.42. The normalized spacial score (nSPS) is 11.4. The summed E-state index contributed by atoms with van der Waals surface area (Å²) < 4.78 is 8.85. The van der Waals surface area contributed by atoms with Crippen molar-refractivity contribution < 1.29 is 8.98 Å². The van der Waals surface area contributed by atoms with Crippen molar-refractivity contribution in [3.05, 3.63) is 102 Å². The van der Waals surface area contributed by atoms with E-state index in [1.54, 1.807) is 0 Å². The van der Waals surface area contributed by atoms with Crippen LogP contribution in [0.15, 0.2) is 89.5 Å². The minimum Gasteiger partial charge on any atom is -0.454 e. The Morgan fingerprint density at radius 1 is 0.765 bits per heavy atom. The second-order valence-corrected chi connectivity index (χ2v) is 8.93. The van der Waals surface area contributed by atoms with Gasteiger partial charge in [0.2, 0.25) is 5.69 Å². The fraction of sp³-hybridized carbons (Fsp3) is 0.0968. The quantitative estimate of drug-likeness (QED) is 0.264. The van der Waals surface area contributed by atoms with Crippen molar-refractivity contribution in [1.82, 2.24) is 0 Å². The number of hydrogen-bond acceptors (Lipinski definition) is 2. The van der Waals surface area contributed by atoms with Gasteiger partial charge < -0.3 is 4.42 Å². The average Bonchev–Trinajstić information content (AvgIpc) is 3.24. The average molecular weight is 440 g/mol. The topological polar surface area (TPSA) is 40.8 Å². The van der Waals surface area contributed by atoms with Gasteiger partial charge in [-0.3, -0.25) is 0 Å². The first-order valence-corrected chi connectivity index (χ1v) is 11.4. The third-order valence-corrected chi connectivity index (χ3v) is 6.79. The van der Waals surface area contributed by atoms with Gasteiger partial charge in [-0.05, 0) is 59.5 Å². The van der Waals surface area contributed by atoms with E-state index >= 15 is 0 Å². The molecule has 6 rings (SSSR count). The van der Waals surface area contributed by atoms with Crippen molar-refractivity contribution >= 4 is 32.7 Å². The van der Waals surface area contributed by atoms with Crippen molar-refractivity contribution in [2.24, 2.45) is 7.05 Å². The molecule has 2 aromatic heterocycles. The van der Waals surface area contributed by atoms with Gasteiger partial charge in [0.1, 0.15) is 18.2 Å². The van der Waals surface area contributed by atoms with E-state index in [1.165, 1.54) is 5.39 Å². The maximum atomic E-state index is 10.1. The molecular weight excluding hydrogens is 416 g/mol. The summed E-state index contributed by atoms with van der Waals surface area (Å²) in [5, 5.41) is 14.5. The molecule has 0 spiro atoms. The molecular formula is C31H23N2O+. The fourth-order valence-corrected chi connectivity index (χ4v) is 5.13. The van der Waals surface area contributed by atoms with E-state index in [0.29, 0.717) is 5.56 Å². The summed E-state index contributed by atoms with van der Waals surface area (Å²) in [4.78, 5) is 0. The molecule has 0 aliphatic rings. The molecule has 3 heteroatoms. The van der Waals surface area contributed by atoms with Crippen LogP contribution < -0.4 is 4.57 Å². The van der Waals surface area contributed by atoms with Crippen LogP contribution in [0.4, 0.5) is 0 Å². The van der Waals surface area contributed by atoms with Crippen molar-refractivity contribution in [2.75, 3.05) is 0 Å². The molecule has 0 unspecified atom stereocenters. The Morgan fingerprint density at radius 3 is 2.35 bits per heavy atom. The third kappa shape index (κ3) is 2.93. The number of pyridine rings is 1. The second-order valence-electron chi connectivity index (χ2n) is 8.93. The first-order chi connectivity index (χ1) is 16.6. The molecule has 3 nitrogen and oxygen atoms in total. The highest BCUT2D eigenvalue weighted by Crippen LogP contribution is 2.43. The van der Waals surface area contributed by atoms with Gasteiger partial charge in [0.15, 0.2) is 6.20 Å². The van der Waals surface area contributed by atoms with E-state index in [4.69, 9.17) is 4.42 Å². The van der Waals surface area contributed by atoms with Crippen LogP contribution in [0.1, 0.15) is 16.7 Å². The lowest BCUT2D eigenvalue weighted by molar-refractivity contribution is -0.660. The molecule has 0 amide bonds. The predicted octanol–water partition coefficient (Wildman–Crippen LogP) is 7.39. The van der Waals surface area contributed by atoms with E-state index in [-0.39, 0.29) is 0 Å². The number of rotatable bonds is 2. The van der Waals surface area contributed by atoms with Crippen LogP contribution in [0.25, 0.3) is 55.1 Å². The number of nitrogens with zero attached hydrogens (tertiary/aromatic N) is 2. The molecule has 162 valence electrons. The minimum atomic E-state index is 0.628. The van der Waals surface area contributed by atoms with E-state index in [1.807, 2.05) is 24.3 Å². The fourth-order valence-electron chi connectivity index (χ4n) is 5.13. The van der Waals surface area contributed by atoms with Crippen LogP contribution in [0.3, 0.4) is 0 Å². The highest BCUT2D eigenvalue weighted by Gasteiger charge is 2.24. The van der Waals surface area contributed by atoms with Gasteiger partial charge in [-0.25, -0.2) is 4.57 Å². The first kappa shape index (κ1) is 20.2. The van der Waals surface area contributed by atoms with Crippen molar-refractivity contribution in [1.29, 1.82) is 5.26 Å². The van der Waals surface area contributed by atoms with Gasteiger partial charge in [-0.1, -0.05) is 48.5 Å². The molecule has 0 saturated heterocycles. The second kappa shape index (κ2) is 7.57. The summed E-state index contributed by atoms with van der Waals surface area (Å²) in [6.45, 7) is 4.18. The number of aromatic nitrogens is 1. The molecule has 4 aromatic carbocycles. The van der Waals surface area contributed by atoms with Gasteiger partial charge in [-0.2, -0.15) is 5.26 Å². The minimum absolute atomic E-state index is 0.628. The standard InChI is InChI=1S/C31H23N2O/c1-19-11-14-25-27-20(2)16-24(18-32)29(23-13-12-21-8-4-5-9-22(21)17-23)31(27)34-30(25)28(19)26-10-6-7-15-33(26)3/h4-17H,1-3H3/q+1. The zero-order valence-electron chi connectivity index (χ0n) is 19.4.